The maximum absolute atomic E-state index is 5.11. The molecule has 144 valence electrons. The summed E-state index contributed by atoms with van der Waals surface area (Å²) in [5, 5.41) is 16.1. The molecule has 0 fully saturated rings. The molecule has 29 heavy (non-hydrogen) atoms. The van der Waals surface area contributed by atoms with E-state index in [0.717, 1.165) is 42.5 Å². The Labute approximate surface area is 167 Å². The van der Waals surface area contributed by atoms with Crippen LogP contribution in [0.1, 0.15) is 12.8 Å². The van der Waals surface area contributed by atoms with Gasteiger partial charge in [-0.25, -0.2) is 4.98 Å². The van der Waals surface area contributed by atoms with Crippen molar-refractivity contribution in [2.45, 2.75) is 19.4 Å². The zero-order chi connectivity index (χ0) is 19.4. The third-order valence-electron chi connectivity index (χ3n) is 6.10. The number of rotatable bonds is 5. The highest BCUT2D eigenvalue weighted by Crippen LogP contribution is 2.42. The van der Waals surface area contributed by atoms with Crippen LogP contribution in [0.2, 0.25) is 0 Å². The molecule has 3 aromatic carbocycles. The van der Waals surface area contributed by atoms with Gasteiger partial charge in [-0.2, -0.15) is 0 Å². The molecule has 0 aliphatic heterocycles. The van der Waals surface area contributed by atoms with Gasteiger partial charge in [0.2, 0.25) is 0 Å². The van der Waals surface area contributed by atoms with Crippen molar-refractivity contribution in [2.24, 2.45) is 0 Å². The number of aryl methyl sites for hydroxylation is 1. The highest BCUT2D eigenvalue weighted by Gasteiger charge is 2.21. The second-order valence-corrected chi connectivity index (χ2v) is 7.76. The molecule has 0 aliphatic rings. The Morgan fingerprint density at radius 2 is 1.76 bits per heavy atom. The maximum atomic E-state index is 5.11. The topological polar surface area (TPSA) is 61.4 Å². The van der Waals surface area contributed by atoms with Crippen LogP contribution < -0.4 is 5.32 Å². The van der Waals surface area contributed by atoms with Gasteiger partial charge >= 0.3 is 0 Å². The van der Waals surface area contributed by atoms with Crippen LogP contribution in [0.4, 0.5) is 0 Å². The van der Waals surface area contributed by atoms with Crippen LogP contribution in [0.15, 0.2) is 54.7 Å². The molecule has 3 N–H and O–H groups in total. The molecule has 0 aliphatic carbocycles. The number of aromatic nitrogens is 4. The van der Waals surface area contributed by atoms with E-state index >= 15 is 0 Å². The summed E-state index contributed by atoms with van der Waals surface area (Å²) in [5.74, 6) is 0. The average molecular weight is 381 g/mol. The molecule has 0 radical (unpaired) electrons. The van der Waals surface area contributed by atoms with Gasteiger partial charge in [-0.1, -0.05) is 36.4 Å². The lowest BCUT2D eigenvalue weighted by Crippen LogP contribution is -2.08. The molecule has 6 rings (SSSR count). The third kappa shape index (κ3) is 2.28. The van der Waals surface area contributed by atoms with Crippen molar-refractivity contribution in [2.75, 3.05) is 13.6 Å². The Hall–Kier alpha value is -3.31. The number of para-hydroxylation sites is 2. The number of nitrogens with zero attached hydrogens (tertiary/aromatic N) is 2. The molecule has 0 saturated heterocycles. The van der Waals surface area contributed by atoms with Crippen molar-refractivity contribution >= 4 is 54.5 Å². The van der Waals surface area contributed by atoms with Crippen molar-refractivity contribution in [1.29, 1.82) is 0 Å². The number of hydrogen-bond donors (Lipinski definition) is 3. The standard InChI is InChI=1S/C24H23N5/c1-25-12-6-7-13-29-19-11-5-3-9-16(19)20-17-14-26-28-22(17)21-15-8-2-4-10-18(15)27-23(21)24(20)29/h2-5,8-11,14,25-26,28H,6-7,12-13H2,1H3. The number of hydrogen-bond acceptors (Lipinski definition) is 2. The highest BCUT2D eigenvalue weighted by molar-refractivity contribution is 6.34. The van der Waals surface area contributed by atoms with Crippen LogP contribution in [0.3, 0.4) is 0 Å². The van der Waals surface area contributed by atoms with Gasteiger partial charge < -0.3 is 20.1 Å². The first-order chi connectivity index (χ1) is 14.4. The summed E-state index contributed by atoms with van der Waals surface area (Å²) in [4.78, 5) is 5.11. The lowest BCUT2D eigenvalue weighted by molar-refractivity contribution is 0.612. The van der Waals surface area contributed by atoms with E-state index in [4.69, 9.17) is 4.98 Å². The van der Waals surface area contributed by atoms with Crippen molar-refractivity contribution in [3.8, 4) is 0 Å². The lowest BCUT2D eigenvalue weighted by Gasteiger charge is -2.08. The van der Waals surface area contributed by atoms with E-state index in [1.165, 1.54) is 38.0 Å². The quantitative estimate of drug-likeness (QED) is 0.355. The molecule has 3 heterocycles. The Kier molecular flexibility index (Phi) is 3.64. The number of H-pyrrole nitrogens is 2. The molecule has 0 bridgehead atoms. The second-order valence-electron chi connectivity index (χ2n) is 7.76. The minimum absolute atomic E-state index is 0.990. The van der Waals surface area contributed by atoms with Crippen molar-refractivity contribution in [3.05, 3.63) is 54.7 Å². The van der Waals surface area contributed by atoms with Crippen molar-refractivity contribution in [3.63, 3.8) is 0 Å². The molecule has 5 heteroatoms. The average Bonchev–Trinajstić information content (AvgIpc) is 3.44. The fourth-order valence-corrected chi connectivity index (χ4v) is 4.85. The summed E-state index contributed by atoms with van der Waals surface area (Å²) in [7, 11) is 2.02. The van der Waals surface area contributed by atoms with Gasteiger partial charge in [0.05, 0.1) is 22.1 Å². The van der Waals surface area contributed by atoms with E-state index in [1.54, 1.807) is 0 Å². The Balaban J connectivity index is 1.80. The largest absolute Gasteiger partial charge is 0.339 e. The van der Waals surface area contributed by atoms with Crippen molar-refractivity contribution < 1.29 is 0 Å². The van der Waals surface area contributed by atoms with Crippen LogP contribution in [-0.4, -0.2) is 33.3 Å². The van der Waals surface area contributed by atoms with Gasteiger partial charge in [0.1, 0.15) is 0 Å². The second kappa shape index (κ2) is 6.36. The zero-order valence-corrected chi connectivity index (χ0v) is 16.4. The van der Waals surface area contributed by atoms with Gasteiger partial charge in [-0.15, -0.1) is 0 Å². The summed E-state index contributed by atoms with van der Waals surface area (Å²) >= 11 is 0. The number of unbranched alkanes of at least 4 members (excludes halogenated alkanes) is 1. The fourth-order valence-electron chi connectivity index (χ4n) is 4.85. The van der Waals surface area contributed by atoms with Crippen LogP contribution >= 0.6 is 0 Å². The number of aromatic amines is 2. The third-order valence-corrected chi connectivity index (χ3v) is 6.10. The molecule has 6 aromatic rings. The first kappa shape index (κ1) is 16.6. The lowest BCUT2D eigenvalue weighted by atomic mass is 10.0. The summed E-state index contributed by atoms with van der Waals surface area (Å²) in [5.41, 5.74) is 5.82. The minimum Gasteiger partial charge on any atom is -0.339 e. The molecule has 0 atom stereocenters. The van der Waals surface area contributed by atoms with Gasteiger partial charge in [0, 0.05) is 45.2 Å². The SMILES string of the molecule is CNCCCCn1c2ccccc2c2c3c[nH][nH]c3c3c4ccccc4nc3c21. The predicted octanol–water partition coefficient (Wildman–Crippen LogP) is 5.30. The highest BCUT2D eigenvalue weighted by atomic mass is 15.1. The summed E-state index contributed by atoms with van der Waals surface area (Å²) in [6.07, 6.45) is 4.38. The van der Waals surface area contributed by atoms with E-state index in [-0.39, 0.29) is 0 Å². The van der Waals surface area contributed by atoms with E-state index < -0.39 is 0 Å². The van der Waals surface area contributed by atoms with E-state index in [2.05, 4.69) is 74.8 Å². The van der Waals surface area contributed by atoms with Gasteiger partial charge in [-0.05, 0) is 38.6 Å². The van der Waals surface area contributed by atoms with Gasteiger partial charge in [0.25, 0.3) is 0 Å². The molecular formula is C24H23N5. The molecule has 5 nitrogen and oxygen atoms in total. The molecule has 3 aromatic heterocycles. The smallest absolute Gasteiger partial charge is 0.0981 e. The minimum atomic E-state index is 0.990. The van der Waals surface area contributed by atoms with E-state index in [9.17, 15) is 0 Å². The summed E-state index contributed by atoms with van der Waals surface area (Å²) in [6, 6.07) is 17.2. The predicted molar refractivity (Wildman–Crippen MR) is 122 cm³/mol. The monoisotopic (exact) mass is 381 g/mol. The molecule has 0 spiro atoms. The normalized spacial score (nSPS) is 12.3. The first-order valence-corrected chi connectivity index (χ1v) is 10.3. The Morgan fingerprint density at radius 3 is 2.66 bits per heavy atom. The van der Waals surface area contributed by atoms with Crippen molar-refractivity contribution in [1.82, 2.24) is 25.1 Å². The number of benzene rings is 3. The molecular weight excluding hydrogens is 358 g/mol. The number of nitrogens with one attached hydrogen (secondary N) is 3. The zero-order valence-electron chi connectivity index (χ0n) is 16.4. The van der Waals surface area contributed by atoms with Gasteiger partial charge in [0.15, 0.2) is 0 Å². The summed E-state index contributed by atoms with van der Waals surface area (Å²) in [6.45, 7) is 2.03. The molecule has 0 unspecified atom stereocenters. The summed E-state index contributed by atoms with van der Waals surface area (Å²) < 4.78 is 2.49. The van der Waals surface area contributed by atoms with Crippen LogP contribution in [-0.2, 0) is 6.54 Å². The van der Waals surface area contributed by atoms with Crippen LogP contribution in [0.25, 0.3) is 54.5 Å². The fraction of sp³-hybridized carbons (Fsp3) is 0.208. The van der Waals surface area contributed by atoms with Crippen LogP contribution in [0.5, 0.6) is 0 Å². The Bertz CT molecular complexity index is 1500. The van der Waals surface area contributed by atoms with E-state index in [0.29, 0.717) is 0 Å². The first-order valence-electron chi connectivity index (χ1n) is 10.3. The molecule has 0 amide bonds. The van der Waals surface area contributed by atoms with Gasteiger partial charge in [-0.3, -0.25) is 0 Å². The number of fused-ring (bicyclic) bond motifs is 10. The van der Waals surface area contributed by atoms with Crippen LogP contribution in [0, 0.1) is 0 Å². The maximum Gasteiger partial charge on any atom is 0.0981 e. The van der Waals surface area contributed by atoms with E-state index in [1.807, 2.05) is 7.05 Å². The Morgan fingerprint density at radius 1 is 0.931 bits per heavy atom. The molecule has 0 saturated carbocycles.